The van der Waals surface area contributed by atoms with Gasteiger partial charge in [-0.3, -0.25) is 9.39 Å². The van der Waals surface area contributed by atoms with Gasteiger partial charge in [-0.25, -0.2) is 0 Å². The molecule has 0 atom stereocenters. The highest BCUT2D eigenvalue weighted by molar-refractivity contribution is 14.0. The SMILES string of the molecule is CN=C(NCc1cccc(CN(C)C)c1)NCc1nnc2ccccn12.I. The average Bonchev–Trinajstić information content (AvgIpc) is 3.05. The van der Waals surface area contributed by atoms with Crippen molar-refractivity contribution in [2.24, 2.45) is 4.99 Å². The second kappa shape index (κ2) is 10.2. The van der Waals surface area contributed by atoms with E-state index in [9.17, 15) is 0 Å². The first-order chi connectivity index (χ1) is 12.7. The van der Waals surface area contributed by atoms with Crippen LogP contribution in [0.2, 0.25) is 0 Å². The third-order valence-electron chi connectivity index (χ3n) is 3.97. The van der Waals surface area contributed by atoms with E-state index in [1.807, 2.05) is 28.8 Å². The normalized spacial score (nSPS) is 11.5. The Bertz CT molecular complexity index is 888. The summed E-state index contributed by atoms with van der Waals surface area (Å²) in [6.45, 7) is 2.19. The summed E-state index contributed by atoms with van der Waals surface area (Å²) in [7, 11) is 5.91. The Morgan fingerprint density at radius 2 is 1.81 bits per heavy atom. The van der Waals surface area contributed by atoms with E-state index < -0.39 is 0 Å². The van der Waals surface area contributed by atoms with E-state index in [0.717, 1.165) is 24.0 Å². The molecule has 0 spiro atoms. The van der Waals surface area contributed by atoms with Crippen LogP contribution in [-0.2, 0) is 19.6 Å². The van der Waals surface area contributed by atoms with Crippen molar-refractivity contribution >= 4 is 35.6 Å². The number of pyridine rings is 1. The van der Waals surface area contributed by atoms with Gasteiger partial charge in [-0.15, -0.1) is 34.2 Å². The van der Waals surface area contributed by atoms with Gasteiger partial charge in [0, 0.05) is 26.3 Å². The van der Waals surface area contributed by atoms with Crippen LogP contribution in [0.1, 0.15) is 17.0 Å². The second-order valence-corrected chi connectivity index (χ2v) is 6.38. The maximum atomic E-state index is 4.28. The number of fused-ring (bicyclic) bond motifs is 1. The van der Waals surface area contributed by atoms with Gasteiger partial charge in [0.15, 0.2) is 17.4 Å². The fourth-order valence-electron chi connectivity index (χ4n) is 2.78. The molecule has 0 bridgehead atoms. The molecular formula is C19H26IN7. The summed E-state index contributed by atoms with van der Waals surface area (Å²) in [5.74, 6) is 1.58. The molecule has 8 heteroatoms. The Labute approximate surface area is 176 Å². The van der Waals surface area contributed by atoms with E-state index in [0.29, 0.717) is 13.1 Å². The zero-order valence-electron chi connectivity index (χ0n) is 15.9. The fourth-order valence-corrected chi connectivity index (χ4v) is 2.78. The number of rotatable bonds is 6. The molecule has 0 aliphatic rings. The van der Waals surface area contributed by atoms with E-state index in [2.05, 4.69) is 69.1 Å². The molecule has 1 aromatic carbocycles. The number of halogens is 1. The third kappa shape index (κ3) is 5.90. The Balaban J connectivity index is 0.00000261. The van der Waals surface area contributed by atoms with Gasteiger partial charge in [0.1, 0.15) is 0 Å². The highest BCUT2D eigenvalue weighted by Crippen LogP contribution is 2.07. The number of hydrogen-bond acceptors (Lipinski definition) is 4. The fraction of sp³-hybridized carbons (Fsp3) is 0.316. The van der Waals surface area contributed by atoms with Crippen LogP contribution in [0, 0.1) is 0 Å². The summed E-state index contributed by atoms with van der Waals surface area (Å²) in [6, 6.07) is 14.4. The van der Waals surface area contributed by atoms with Crippen LogP contribution in [0.15, 0.2) is 53.7 Å². The molecule has 144 valence electrons. The van der Waals surface area contributed by atoms with Gasteiger partial charge < -0.3 is 15.5 Å². The zero-order valence-corrected chi connectivity index (χ0v) is 18.2. The van der Waals surface area contributed by atoms with Crippen LogP contribution in [0.3, 0.4) is 0 Å². The number of aromatic nitrogens is 3. The highest BCUT2D eigenvalue weighted by Gasteiger charge is 2.06. The minimum Gasteiger partial charge on any atom is -0.352 e. The van der Waals surface area contributed by atoms with Gasteiger partial charge in [0.2, 0.25) is 0 Å². The predicted octanol–water partition coefficient (Wildman–Crippen LogP) is 2.27. The molecule has 7 nitrogen and oxygen atoms in total. The third-order valence-corrected chi connectivity index (χ3v) is 3.97. The van der Waals surface area contributed by atoms with E-state index >= 15 is 0 Å². The molecule has 0 saturated carbocycles. The number of hydrogen-bond donors (Lipinski definition) is 2. The number of nitrogens with one attached hydrogen (secondary N) is 2. The summed E-state index contributed by atoms with van der Waals surface area (Å²) >= 11 is 0. The Morgan fingerprint density at radius 3 is 2.59 bits per heavy atom. The maximum Gasteiger partial charge on any atom is 0.191 e. The lowest BCUT2D eigenvalue weighted by Gasteiger charge is -2.13. The number of benzene rings is 1. The Kier molecular flexibility index (Phi) is 7.99. The minimum absolute atomic E-state index is 0. The van der Waals surface area contributed by atoms with Gasteiger partial charge in [0.25, 0.3) is 0 Å². The van der Waals surface area contributed by atoms with E-state index in [4.69, 9.17) is 0 Å². The van der Waals surface area contributed by atoms with Crippen LogP contribution in [0.25, 0.3) is 5.65 Å². The van der Waals surface area contributed by atoms with Crippen molar-refractivity contribution in [1.82, 2.24) is 30.1 Å². The van der Waals surface area contributed by atoms with E-state index in [1.165, 1.54) is 11.1 Å². The highest BCUT2D eigenvalue weighted by atomic mass is 127. The molecule has 0 saturated heterocycles. The van der Waals surface area contributed by atoms with Gasteiger partial charge in [0.05, 0.1) is 6.54 Å². The smallest absolute Gasteiger partial charge is 0.191 e. The molecule has 2 heterocycles. The summed E-state index contributed by atoms with van der Waals surface area (Å²) in [4.78, 5) is 6.44. The average molecular weight is 479 g/mol. The number of aliphatic imine (C=N–C) groups is 1. The first-order valence-corrected chi connectivity index (χ1v) is 8.61. The van der Waals surface area contributed by atoms with Crippen LogP contribution in [0.4, 0.5) is 0 Å². The second-order valence-electron chi connectivity index (χ2n) is 6.38. The quantitative estimate of drug-likeness (QED) is 0.323. The van der Waals surface area contributed by atoms with Gasteiger partial charge in [-0.2, -0.15) is 0 Å². The molecule has 0 fully saturated rings. The lowest BCUT2D eigenvalue weighted by molar-refractivity contribution is 0.402. The molecule has 3 rings (SSSR count). The van der Waals surface area contributed by atoms with Crippen LogP contribution in [-0.4, -0.2) is 46.6 Å². The minimum atomic E-state index is 0. The van der Waals surface area contributed by atoms with Crippen molar-refractivity contribution in [3.05, 3.63) is 65.6 Å². The van der Waals surface area contributed by atoms with Crippen molar-refractivity contribution in [3.63, 3.8) is 0 Å². The van der Waals surface area contributed by atoms with E-state index in [1.54, 1.807) is 7.05 Å². The van der Waals surface area contributed by atoms with Crippen molar-refractivity contribution in [1.29, 1.82) is 0 Å². The van der Waals surface area contributed by atoms with Crippen LogP contribution < -0.4 is 10.6 Å². The molecule has 2 aromatic heterocycles. The topological polar surface area (TPSA) is 69.8 Å². The molecular weight excluding hydrogens is 453 g/mol. The lowest BCUT2D eigenvalue weighted by Crippen LogP contribution is -2.36. The van der Waals surface area contributed by atoms with Gasteiger partial charge in [-0.05, 0) is 37.4 Å². The molecule has 0 unspecified atom stereocenters. The summed E-state index contributed by atoms with van der Waals surface area (Å²) in [6.07, 6.45) is 1.96. The lowest BCUT2D eigenvalue weighted by atomic mass is 10.1. The Hall–Kier alpha value is -2.20. The molecule has 0 aliphatic heterocycles. The zero-order chi connectivity index (χ0) is 18.4. The first-order valence-electron chi connectivity index (χ1n) is 8.61. The van der Waals surface area contributed by atoms with Crippen LogP contribution >= 0.6 is 24.0 Å². The van der Waals surface area contributed by atoms with Gasteiger partial charge in [-0.1, -0.05) is 30.3 Å². The molecule has 3 aromatic rings. The summed E-state index contributed by atoms with van der Waals surface area (Å²) in [5, 5.41) is 15.0. The van der Waals surface area contributed by atoms with Crippen molar-refractivity contribution in [2.75, 3.05) is 21.1 Å². The number of guanidine groups is 1. The van der Waals surface area contributed by atoms with Gasteiger partial charge >= 0.3 is 0 Å². The molecule has 0 radical (unpaired) electrons. The van der Waals surface area contributed by atoms with E-state index in [-0.39, 0.29) is 24.0 Å². The van der Waals surface area contributed by atoms with Crippen molar-refractivity contribution in [3.8, 4) is 0 Å². The molecule has 27 heavy (non-hydrogen) atoms. The number of nitrogens with zero attached hydrogens (tertiary/aromatic N) is 5. The monoisotopic (exact) mass is 479 g/mol. The molecule has 2 N–H and O–H groups in total. The standard InChI is InChI=1S/C19H25N7.HI/c1-20-19(21-12-15-7-6-8-16(11-15)14-25(2)3)22-13-18-24-23-17-9-4-5-10-26(17)18;/h4-11H,12-14H2,1-3H3,(H2,20,21,22);1H. The van der Waals surface area contributed by atoms with Crippen molar-refractivity contribution < 1.29 is 0 Å². The Morgan fingerprint density at radius 1 is 1.04 bits per heavy atom. The summed E-state index contributed by atoms with van der Waals surface area (Å²) in [5.41, 5.74) is 3.36. The molecule has 0 aliphatic carbocycles. The summed E-state index contributed by atoms with van der Waals surface area (Å²) < 4.78 is 1.96. The van der Waals surface area contributed by atoms with Crippen molar-refractivity contribution in [2.45, 2.75) is 19.6 Å². The molecule has 0 amide bonds. The maximum absolute atomic E-state index is 4.28. The largest absolute Gasteiger partial charge is 0.352 e. The first kappa shape index (κ1) is 21.1. The predicted molar refractivity (Wildman–Crippen MR) is 119 cm³/mol. The van der Waals surface area contributed by atoms with Crippen LogP contribution in [0.5, 0.6) is 0 Å².